The lowest BCUT2D eigenvalue weighted by Crippen LogP contribution is -2.38. The first-order valence-corrected chi connectivity index (χ1v) is 7.66. The van der Waals surface area contributed by atoms with Crippen molar-refractivity contribution in [3.05, 3.63) is 36.2 Å². The van der Waals surface area contributed by atoms with Gasteiger partial charge in [0.15, 0.2) is 0 Å². The second kappa shape index (κ2) is 6.04. The van der Waals surface area contributed by atoms with E-state index in [1.807, 2.05) is 40.9 Å². The Bertz CT molecular complexity index is 563. The molecule has 0 N–H and O–H groups in total. The number of amides is 1. The number of hydrogen-bond donors (Lipinski definition) is 0. The lowest BCUT2D eigenvalue weighted by atomic mass is 10.1. The highest BCUT2D eigenvalue weighted by atomic mass is 32.2. The highest BCUT2D eigenvalue weighted by Crippen LogP contribution is 2.13. The van der Waals surface area contributed by atoms with Gasteiger partial charge in [0.2, 0.25) is 5.91 Å². The van der Waals surface area contributed by atoms with Crippen LogP contribution in [0.25, 0.3) is 5.69 Å². The van der Waals surface area contributed by atoms with E-state index in [4.69, 9.17) is 0 Å². The summed E-state index contributed by atoms with van der Waals surface area (Å²) in [6.07, 6.45) is 2.01. The van der Waals surface area contributed by atoms with Gasteiger partial charge in [-0.3, -0.25) is 4.79 Å². The summed E-state index contributed by atoms with van der Waals surface area (Å²) in [5.74, 6) is 2.30. The molecule has 0 aliphatic carbocycles. The van der Waals surface area contributed by atoms with Crippen LogP contribution in [0, 0.1) is 0 Å². The number of carbonyl (C=O) groups excluding carboxylic acids is 1. The maximum Gasteiger partial charge on any atom is 0.227 e. The Morgan fingerprint density at radius 2 is 1.95 bits per heavy atom. The van der Waals surface area contributed by atoms with Gasteiger partial charge in [-0.15, -0.1) is 5.10 Å². The standard InChI is InChI=1S/C13H15N5OS/c19-13(17-5-7-20-8-6-17)9-11-1-3-12(4-2-11)18-10-14-15-16-18/h1-4,10H,5-9H2. The Kier molecular flexibility index (Phi) is 3.96. The van der Waals surface area contributed by atoms with Gasteiger partial charge in [-0.2, -0.15) is 11.8 Å². The maximum atomic E-state index is 12.2. The highest BCUT2D eigenvalue weighted by Gasteiger charge is 2.16. The summed E-state index contributed by atoms with van der Waals surface area (Å²) in [5, 5.41) is 11.0. The van der Waals surface area contributed by atoms with Crippen LogP contribution in [0.1, 0.15) is 5.56 Å². The molecule has 2 aromatic rings. The number of carbonyl (C=O) groups is 1. The van der Waals surface area contributed by atoms with E-state index in [0.717, 1.165) is 35.8 Å². The zero-order valence-electron chi connectivity index (χ0n) is 11.0. The molecule has 0 unspecified atom stereocenters. The van der Waals surface area contributed by atoms with Crippen molar-refractivity contribution in [2.75, 3.05) is 24.6 Å². The Labute approximate surface area is 121 Å². The number of tetrazole rings is 1. The fourth-order valence-corrected chi connectivity index (χ4v) is 3.05. The molecule has 104 valence electrons. The van der Waals surface area contributed by atoms with Crippen molar-refractivity contribution in [1.82, 2.24) is 25.1 Å². The zero-order valence-corrected chi connectivity index (χ0v) is 11.8. The lowest BCUT2D eigenvalue weighted by Gasteiger charge is -2.26. The minimum Gasteiger partial charge on any atom is -0.341 e. The molecule has 1 saturated heterocycles. The SMILES string of the molecule is O=C(Cc1ccc(-n2cnnn2)cc1)N1CCSCC1. The largest absolute Gasteiger partial charge is 0.341 e. The summed E-state index contributed by atoms with van der Waals surface area (Å²) in [6, 6.07) is 7.75. The predicted molar refractivity (Wildman–Crippen MR) is 76.8 cm³/mol. The van der Waals surface area contributed by atoms with E-state index in [0.29, 0.717) is 6.42 Å². The van der Waals surface area contributed by atoms with Crippen molar-refractivity contribution < 1.29 is 4.79 Å². The molecule has 6 nitrogen and oxygen atoms in total. The Morgan fingerprint density at radius 3 is 2.60 bits per heavy atom. The summed E-state index contributed by atoms with van der Waals surface area (Å²) < 4.78 is 1.59. The van der Waals surface area contributed by atoms with E-state index in [-0.39, 0.29) is 5.91 Å². The molecule has 0 radical (unpaired) electrons. The third-order valence-electron chi connectivity index (χ3n) is 3.27. The average molecular weight is 289 g/mol. The molecule has 7 heteroatoms. The number of aromatic nitrogens is 4. The molecule has 2 heterocycles. The molecule has 3 rings (SSSR count). The van der Waals surface area contributed by atoms with E-state index in [2.05, 4.69) is 15.5 Å². The van der Waals surface area contributed by atoms with Crippen LogP contribution in [0.3, 0.4) is 0 Å². The van der Waals surface area contributed by atoms with Gasteiger partial charge in [-0.25, -0.2) is 4.68 Å². The monoisotopic (exact) mass is 289 g/mol. The van der Waals surface area contributed by atoms with Crippen LogP contribution in [-0.4, -0.2) is 55.6 Å². The van der Waals surface area contributed by atoms with Crippen LogP contribution < -0.4 is 0 Å². The van der Waals surface area contributed by atoms with Crippen LogP contribution in [0.4, 0.5) is 0 Å². The Balaban J connectivity index is 1.64. The summed E-state index contributed by atoms with van der Waals surface area (Å²) in [4.78, 5) is 14.1. The molecule has 1 aromatic heterocycles. The molecule has 1 amide bonds. The molecular formula is C13H15N5OS. The van der Waals surface area contributed by atoms with Gasteiger partial charge in [0.25, 0.3) is 0 Å². The van der Waals surface area contributed by atoms with E-state index >= 15 is 0 Å². The summed E-state index contributed by atoms with van der Waals surface area (Å²) in [5.41, 5.74) is 1.91. The van der Waals surface area contributed by atoms with Gasteiger partial charge in [-0.1, -0.05) is 12.1 Å². The number of thioether (sulfide) groups is 1. The Morgan fingerprint density at radius 1 is 1.20 bits per heavy atom. The van der Waals surface area contributed by atoms with Crippen molar-refractivity contribution in [1.29, 1.82) is 0 Å². The molecule has 1 aliphatic heterocycles. The summed E-state index contributed by atoms with van der Waals surface area (Å²) >= 11 is 1.91. The first kappa shape index (κ1) is 13.1. The summed E-state index contributed by atoms with van der Waals surface area (Å²) in [7, 11) is 0. The minimum atomic E-state index is 0.209. The quantitative estimate of drug-likeness (QED) is 0.835. The van der Waals surface area contributed by atoms with Crippen LogP contribution >= 0.6 is 11.8 Å². The molecule has 1 aliphatic rings. The molecule has 0 spiro atoms. The third-order valence-corrected chi connectivity index (χ3v) is 4.21. The molecule has 0 saturated carbocycles. The first-order chi connectivity index (χ1) is 9.83. The lowest BCUT2D eigenvalue weighted by molar-refractivity contribution is -0.130. The fourth-order valence-electron chi connectivity index (χ4n) is 2.15. The van der Waals surface area contributed by atoms with Crippen molar-refractivity contribution >= 4 is 17.7 Å². The number of rotatable bonds is 3. The van der Waals surface area contributed by atoms with E-state index in [9.17, 15) is 4.79 Å². The van der Waals surface area contributed by atoms with Crippen LogP contribution in [0.5, 0.6) is 0 Å². The molecule has 1 aromatic carbocycles. The van der Waals surface area contributed by atoms with Gasteiger partial charge >= 0.3 is 0 Å². The van der Waals surface area contributed by atoms with Crippen LogP contribution in [0.15, 0.2) is 30.6 Å². The smallest absolute Gasteiger partial charge is 0.227 e. The molecule has 20 heavy (non-hydrogen) atoms. The molecule has 0 atom stereocenters. The zero-order chi connectivity index (χ0) is 13.8. The van der Waals surface area contributed by atoms with Crippen molar-refractivity contribution in [3.8, 4) is 5.69 Å². The van der Waals surface area contributed by atoms with Gasteiger partial charge in [0, 0.05) is 24.6 Å². The van der Waals surface area contributed by atoms with Crippen LogP contribution in [0.2, 0.25) is 0 Å². The van der Waals surface area contributed by atoms with E-state index in [1.54, 1.807) is 11.0 Å². The predicted octanol–water partition coefficient (Wildman–Crippen LogP) is 0.780. The minimum absolute atomic E-state index is 0.209. The average Bonchev–Trinajstić information content (AvgIpc) is 3.03. The van der Waals surface area contributed by atoms with Gasteiger partial charge < -0.3 is 4.90 Å². The number of nitrogens with zero attached hydrogens (tertiary/aromatic N) is 5. The second-order valence-corrected chi connectivity index (χ2v) is 5.82. The van der Waals surface area contributed by atoms with Crippen molar-refractivity contribution in [2.45, 2.75) is 6.42 Å². The third kappa shape index (κ3) is 2.98. The van der Waals surface area contributed by atoms with Gasteiger partial charge in [0.05, 0.1) is 12.1 Å². The Hall–Kier alpha value is -1.89. The van der Waals surface area contributed by atoms with Gasteiger partial charge in [-0.05, 0) is 28.1 Å². The van der Waals surface area contributed by atoms with E-state index in [1.165, 1.54) is 0 Å². The fraction of sp³-hybridized carbons (Fsp3) is 0.385. The van der Waals surface area contributed by atoms with E-state index < -0.39 is 0 Å². The van der Waals surface area contributed by atoms with Crippen molar-refractivity contribution in [3.63, 3.8) is 0 Å². The van der Waals surface area contributed by atoms with Gasteiger partial charge in [0.1, 0.15) is 6.33 Å². The molecule has 0 bridgehead atoms. The van der Waals surface area contributed by atoms with Crippen LogP contribution in [-0.2, 0) is 11.2 Å². The molecule has 1 fully saturated rings. The topological polar surface area (TPSA) is 63.9 Å². The molecular weight excluding hydrogens is 274 g/mol. The summed E-state index contributed by atoms with van der Waals surface area (Å²) in [6.45, 7) is 1.73. The highest BCUT2D eigenvalue weighted by molar-refractivity contribution is 7.99. The number of hydrogen-bond acceptors (Lipinski definition) is 5. The first-order valence-electron chi connectivity index (χ1n) is 6.51. The normalized spacial score (nSPS) is 15.3. The maximum absolute atomic E-state index is 12.2. The van der Waals surface area contributed by atoms with Crippen molar-refractivity contribution in [2.24, 2.45) is 0 Å². The number of benzene rings is 1. The second-order valence-electron chi connectivity index (χ2n) is 4.59.